The number of aromatic nitrogens is 2. The summed E-state index contributed by atoms with van der Waals surface area (Å²) in [6.45, 7) is 0. The van der Waals surface area contributed by atoms with Crippen LogP contribution in [0.1, 0.15) is 0 Å². The zero-order chi connectivity index (χ0) is 14.5. The van der Waals surface area contributed by atoms with Crippen molar-refractivity contribution in [1.82, 2.24) is 4.57 Å². The molecule has 3 nitrogen and oxygen atoms in total. The lowest BCUT2D eigenvalue weighted by Gasteiger charge is -2.10. The molecule has 0 atom stereocenters. The van der Waals surface area contributed by atoms with Gasteiger partial charge >= 0.3 is 0 Å². The van der Waals surface area contributed by atoms with Gasteiger partial charge in [0.2, 0.25) is 6.33 Å². The summed E-state index contributed by atoms with van der Waals surface area (Å²) in [5.41, 5.74) is 3.79. The van der Waals surface area contributed by atoms with Gasteiger partial charge in [-0.3, -0.25) is 0 Å². The normalized spacial score (nSPS) is 10.0. The average molecular weight is 268 g/mol. The van der Waals surface area contributed by atoms with Crippen molar-refractivity contribution in [2.75, 3.05) is 19.0 Å². The molecule has 0 bridgehead atoms. The fourth-order valence-corrected chi connectivity index (χ4v) is 2.17. The number of hydrogen-bond donors (Lipinski definition) is 0. The van der Waals surface area contributed by atoms with Gasteiger partial charge in [-0.15, -0.1) is 0 Å². The van der Waals surface area contributed by atoms with E-state index in [1.807, 2.05) is 32.3 Å². The number of anilines is 1. The van der Waals surface area contributed by atoms with Crippen LogP contribution >= 0.6 is 0 Å². The van der Waals surface area contributed by atoms with E-state index in [4.69, 9.17) is 0 Å². The lowest BCUT2D eigenvalue weighted by Crippen LogP contribution is -2.25. The van der Waals surface area contributed by atoms with Crippen molar-refractivity contribution in [3.8, 4) is 0 Å². The second kappa shape index (κ2) is 6.24. The van der Waals surface area contributed by atoms with Gasteiger partial charge < -0.3 is 4.90 Å². The van der Waals surface area contributed by atoms with E-state index < -0.39 is 0 Å². The Hall–Kier alpha value is -2.29. The number of rotatable bonds is 1. The molecule has 3 heteroatoms. The summed E-state index contributed by atoms with van der Waals surface area (Å²) in [5.74, 6) is 0. The molecular formula is C17H22N3+. The molecule has 1 aromatic heterocycles. The minimum Gasteiger partial charge on any atom is -0.378 e. The van der Waals surface area contributed by atoms with Gasteiger partial charge in [-0.2, -0.15) is 0 Å². The molecule has 0 saturated heterocycles. The fraction of sp³-hybridized carbons (Fsp3) is 0.235. The van der Waals surface area contributed by atoms with E-state index >= 15 is 0 Å². The molecule has 104 valence electrons. The Morgan fingerprint density at radius 3 is 2.05 bits per heavy atom. The zero-order valence-electron chi connectivity index (χ0n) is 12.6. The molecule has 0 aliphatic carbocycles. The van der Waals surface area contributed by atoms with Gasteiger partial charge in [0.15, 0.2) is 11.0 Å². The van der Waals surface area contributed by atoms with Crippen LogP contribution in [0.25, 0.3) is 11.0 Å². The summed E-state index contributed by atoms with van der Waals surface area (Å²) in [4.78, 5) is 2.08. The number of para-hydroxylation sites is 3. The van der Waals surface area contributed by atoms with Crippen LogP contribution in [0.5, 0.6) is 0 Å². The molecule has 0 amide bonds. The summed E-state index contributed by atoms with van der Waals surface area (Å²) in [7, 11) is 8.19. The van der Waals surface area contributed by atoms with E-state index in [-0.39, 0.29) is 0 Å². The maximum atomic E-state index is 2.12. The molecule has 0 unspecified atom stereocenters. The molecule has 3 aromatic rings. The van der Waals surface area contributed by atoms with Crippen molar-refractivity contribution in [3.63, 3.8) is 0 Å². The van der Waals surface area contributed by atoms with Crippen molar-refractivity contribution in [2.24, 2.45) is 14.1 Å². The number of fused-ring (bicyclic) bond motifs is 1. The Morgan fingerprint density at radius 2 is 1.50 bits per heavy atom. The average Bonchev–Trinajstić information content (AvgIpc) is 2.76. The smallest absolute Gasteiger partial charge is 0.244 e. The SMILES string of the molecule is CN(C)c1ccccc1.Cn1c[n+](C)c2ccccc21. The molecular weight excluding hydrogens is 246 g/mol. The minimum atomic E-state index is 1.25. The predicted octanol–water partition coefficient (Wildman–Crippen LogP) is 2.76. The molecule has 0 aliphatic heterocycles. The molecule has 2 aromatic carbocycles. The minimum absolute atomic E-state index is 1.25. The van der Waals surface area contributed by atoms with Crippen LogP contribution in [0.2, 0.25) is 0 Å². The first-order valence-corrected chi connectivity index (χ1v) is 6.71. The number of hydrogen-bond acceptors (Lipinski definition) is 1. The Balaban J connectivity index is 0.000000151. The van der Waals surface area contributed by atoms with Crippen LogP contribution in [0.15, 0.2) is 60.9 Å². The van der Waals surface area contributed by atoms with Crippen molar-refractivity contribution < 1.29 is 4.57 Å². The molecule has 0 spiro atoms. The summed E-state index contributed by atoms with van der Waals surface area (Å²) < 4.78 is 4.24. The van der Waals surface area contributed by atoms with Crippen LogP contribution < -0.4 is 9.47 Å². The van der Waals surface area contributed by atoms with Crippen molar-refractivity contribution in [1.29, 1.82) is 0 Å². The molecule has 0 radical (unpaired) electrons. The fourth-order valence-electron chi connectivity index (χ4n) is 2.17. The van der Waals surface area contributed by atoms with Gasteiger partial charge in [0, 0.05) is 19.8 Å². The van der Waals surface area contributed by atoms with Crippen LogP contribution in [0, 0.1) is 0 Å². The van der Waals surface area contributed by atoms with E-state index in [0.29, 0.717) is 0 Å². The van der Waals surface area contributed by atoms with E-state index in [1.54, 1.807) is 0 Å². The monoisotopic (exact) mass is 268 g/mol. The summed E-state index contributed by atoms with van der Waals surface area (Å²) in [5, 5.41) is 0. The van der Waals surface area contributed by atoms with Crippen molar-refractivity contribution in [2.45, 2.75) is 0 Å². The van der Waals surface area contributed by atoms with E-state index in [2.05, 4.69) is 70.9 Å². The van der Waals surface area contributed by atoms with E-state index in [0.717, 1.165) is 0 Å². The quantitative estimate of drug-likeness (QED) is 0.618. The van der Waals surface area contributed by atoms with Crippen LogP contribution in [0.4, 0.5) is 5.69 Å². The summed E-state index contributed by atoms with van der Waals surface area (Å²) >= 11 is 0. The van der Waals surface area contributed by atoms with Gasteiger partial charge in [-0.05, 0) is 24.3 Å². The van der Waals surface area contributed by atoms with Gasteiger partial charge in [-0.1, -0.05) is 30.3 Å². The first-order valence-electron chi connectivity index (χ1n) is 6.71. The highest BCUT2D eigenvalue weighted by Gasteiger charge is 2.06. The van der Waals surface area contributed by atoms with Crippen LogP contribution in [0.3, 0.4) is 0 Å². The highest BCUT2D eigenvalue weighted by atomic mass is 15.1. The Morgan fingerprint density at radius 1 is 0.900 bits per heavy atom. The number of benzene rings is 2. The molecule has 0 saturated carbocycles. The Bertz CT molecular complexity index is 633. The third kappa shape index (κ3) is 3.18. The topological polar surface area (TPSA) is 12.1 Å². The zero-order valence-corrected chi connectivity index (χ0v) is 12.6. The molecule has 1 heterocycles. The maximum absolute atomic E-state index is 2.12. The van der Waals surface area contributed by atoms with Gasteiger partial charge in [0.25, 0.3) is 0 Å². The van der Waals surface area contributed by atoms with E-state index in [1.165, 1.54) is 16.7 Å². The molecule has 20 heavy (non-hydrogen) atoms. The predicted molar refractivity (Wildman–Crippen MR) is 84.9 cm³/mol. The third-order valence-electron chi connectivity index (χ3n) is 3.26. The number of imidazole rings is 1. The Labute approximate surface area is 120 Å². The highest BCUT2D eigenvalue weighted by molar-refractivity contribution is 5.71. The lowest BCUT2D eigenvalue weighted by molar-refractivity contribution is -0.645. The number of nitrogens with zero attached hydrogens (tertiary/aromatic N) is 3. The van der Waals surface area contributed by atoms with Crippen molar-refractivity contribution in [3.05, 3.63) is 60.9 Å². The molecule has 3 rings (SSSR count). The molecule has 0 N–H and O–H groups in total. The first-order chi connectivity index (χ1) is 9.59. The second-order valence-corrected chi connectivity index (χ2v) is 5.06. The number of aryl methyl sites for hydroxylation is 2. The highest BCUT2D eigenvalue weighted by Crippen LogP contribution is 2.08. The van der Waals surface area contributed by atoms with Gasteiger partial charge in [0.05, 0.1) is 14.1 Å². The van der Waals surface area contributed by atoms with Gasteiger partial charge in [-0.25, -0.2) is 9.13 Å². The summed E-state index contributed by atoms with van der Waals surface area (Å²) in [6.07, 6.45) is 2.07. The largest absolute Gasteiger partial charge is 0.378 e. The maximum Gasteiger partial charge on any atom is 0.244 e. The second-order valence-electron chi connectivity index (χ2n) is 5.06. The summed E-state index contributed by atoms with van der Waals surface area (Å²) in [6, 6.07) is 18.6. The van der Waals surface area contributed by atoms with Crippen LogP contribution in [-0.4, -0.2) is 18.7 Å². The van der Waals surface area contributed by atoms with Crippen LogP contribution in [-0.2, 0) is 14.1 Å². The Kier molecular flexibility index (Phi) is 4.41. The molecule has 0 aliphatic rings. The lowest BCUT2D eigenvalue weighted by atomic mass is 10.3. The standard InChI is InChI=1S/C9H11N2.C8H11N/c1-10-7-11(2)9-6-4-3-5-8(9)10;1-9(2)8-6-4-3-5-7-8/h3-7H,1-2H3;3-7H,1-2H3/q+1;. The first kappa shape index (κ1) is 14.1. The molecule has 0 fully saturated rings. The third-order valence-corrected chi connectivity index (χ3v) is 3.26. The van der Waals surface area contributed by atoms with E-state index in [9.17, 15) is 0 Å². The van der Waals surface area contributed by atoms with Crippen molar-refractivity contribution >= 4 is 16.7 Å². The van der Waals surface area contributed by atoms with Gasteiger partial charge in [0.1, 0.15) is 0 Å².